The van der Waals surface area contributed by atoms with E-state index in [4.69, 9.17) is 0 Å². The van der Waals surface area contributed by atoms with Gasteiger partial charge in [-0.25, -0.2) is 0 Å². The van der Waals surface area contributed by atoms with E-state index in [1.165, 1.54) is 32.4 Å². The first-order valence-electron chi connectivity index (χ1n) is 8.02. The van der Waals surface area contributed by atoms with Crippen LogP contribution in [-0.2, 0) is 0 Å². The highest BCUT2D eigenvalue weighted by Gasteiger charge is 2.32. The SMILES string of the molecule is C.CC[C@@H]1C=CC(C(C2CC=CS2)N2CCNCC2)=CC1. The molecule has 1 fully saturated rings. The van der Waals surface area contributed by atoms with Gasteiger partial charge in [0, 0.05) is 37.5 Å². The number of nitrogens with one attached hydrogen (secondary N) is 1. The fourth-order valence-electron chi connectivity index (χ4n) is 3.43. The Hall–Kier alpha value is -0.510. The van der Waals surface area contributed by atoms with E-state index >= 15 is 0 Å². The Balaban J connectivity index is 0.00000161. The van der Waals surface area contributed by atoms with Crippen molar-refractivity contribution in [1.82, 2.24) is 10.2 Å². The summed E-state index contributed by atoms with van der Waals surface area (Å²) in [6.07, 6.45) is 13.4. The van der Waals surface area contributed by atoms with Gasteiger partial charge in [-0.3, -0.25) is 4.90 Å². The van der Waals surface area contributed by atoms with E-state index in [1.807, 2.05) is 11.8 Å². The standard InChI is InChI=1S/C17H26N2S.CH4/c1-2-14-5-7-15(8-6-14)17(16-4-3-13-20-16)19-11-9-18-10-12-19;/h3,5,7-8,13-14,16-18H,2,4,6,9-12H2,1H3;1H4/t14-,16?,17?;/m1./s1. The van der Waals surface area contributed by atoms with E-state index < -0.39 is 0 Å². The Morgan fingerprint density at radius 1 is 1.33 bits per heavy atom. The number of nitrogens with zero attached hydrogens (tertiary/aromatic N) is 1. The quantitative estimate of drug-likeness (QED) is 0.850. The van der Waals surface area contributed by atoms with Crippen LogP contribution >= 0.6 is 11.8 Å². The lowest BCUT2D eigenvalue weighted by molar-refractivity contribution is 0.193. The number of thioether (sulfide) groups is 1. The number of piperazine rings is 1. The van der Waals surface area contributed by atoms with Gasteiger partial charge in [0.2, 0.25) is 0 Å². The summed E-state index contributed by atoms with van der Waals surface area (Å²) in [7, 11) is 0. The van der Waals surface area contributed by atoms with E-state index in [0.29, 0.717) is 11.3 Å². The molecule has 0 amide bonds. The second-order valence-corrected chi connectivity index (χ2v) is 7.13. The van der Waals surface area contributed by atoms with Gasteiger partial charge in [-0.05, 0) is 36.2 Å². The molecular weight excluding hydrogens is 276 g/mol. The van der Waals surface area contributed by atoms with Gasteiger partial charge in [-0.2, -0.15) is 0 Å². The van der Waals surface area contributed by atoms with Gasteiger partial charge in [0.05, 0.1) is 0 Å². The lowest BCUT2D eigenvalue weighted by Gasteiger charge is -2.39. The molecule has 2 unspecified atom stereocenters. The van der Waals surface area contributed by atoms with Crippen molar-refractivity contribution in [3.8, 4) is 0 Å². The van der Waals surface area contributed by atoms with Crippen molar-refractivity contribution in [3.63, 3.8) is 0 Å². The summed E-state index contributed by atoms with van der Waals surface area (Å²) in [6.45, 7) is 6.93. The van der Waals surface area contributed by atoms with E-state index in [9.17, 15) is 0 Å². The third-order valence-corrected chi connectivity index (χ3v) is 5.85. The normalized spacial score (nSPS) is 30.8. The average Bonchev–Trinajstić information content (AvgIpc) is 3.03. The van der Waals surface area contributed by atoms with Crippen molar-refractivity contribution < 1.29 is 0 Å². The summed E-state index contributed by atoms with van der Waals surface area (Å²) in [6, 6.07) is 0.603. The van der Waals surface area contributed by atoms with Crippen LogP contribution in [0.2, 0.25) is 0 Å². The molecular formula is C18H30N2S. The average molecular weight is 307 g/mol. The van der Waals surface area contributed by atoms with Crippen molar-refractivity contribution in [2.24, 2.45) is 5.92 Å². The van der Waals surface area contributed by atoms with Gasteiger partial charge in [-0.15, -0.1) is 11.8 Å². The molecule has 3 atom stereocenters. The molecule has 3 rings (SSSR count). The Kier molecular flexibility index (Phi) is 6.59. The molecule has 118 valence electrons. The first kappa shape index (κ1) is 16.9. The topological polar surface area (TPSA) is 15.3 Å². The van der Waals surface area contributed by atoms with E-state index in [1.54, 1.807) is 5.57 Å². The fourth-order valence-corrected chi connectivity index (χ4v) is 4.55. The minimum absolute atomic E-state index is 0. The lowest BCUT2D eigenvalue weighted by atomic mass is 9.89. The third kappa shape index (κ3) is 4.02. The van der Waals surface area contributed by atoms with Crippen LogP contribution in [0.25, 0.3) is 0 Å². The summed E-state index contributed by atoms with van der Waals surface area (Å²) in [5, 5.41) is 6.48. The van der Waals surface area contributed by atoms with Gasteiger partial charge in [0.25, 0.3) is 0 Å². The van der Waals surface area contributed by atoms with Gasteiger partial charge in [-0.1, -0.05) is 38.7 Å². The van der Waals surface area contributed by atoms with Crippen molar-refractivity contribution in [2.75, 3.05) is 26.2 Å². The van der Waals surface area contributed by atoms with Crippen LogP contribution in [-0.4, -0.2) is 42.4 Å². The number of allylic oxidation sites excluding steroid dienone is 3. The molecule has 21 heavy (non-hydrogen) atoms. The highest BCUT2D eigenvalue weighted by molar-refractivity contribution is 8.03. The lowest BCUT2D eigenvalue weighted by Crippen LogP contribution is -2.52. The summed E-state index contributed by atoms with van der Waals surface area (Å²) in [4.78, 5) is 2.70. The number of rotatable bonds is 4. The van der Waals surface area contributed by atoms with Crippen LogP contribution in [0.1, 0.15) is 33.6 Å². The highest BCUT2D eigenvalue weighted by atomic mass is 32.2. The molecule has 1 saturated heterocycles. The van der Waals surface area contributed by atoms with Crippen molar-refractivity contribution in [1.29, 1.82) is 0 Å². The van der Waals surface area contributed by atoms with Gasteiger partial charge < -0.3 is 5.32 Å². The molecule has 0 aromatic carbocycles. The van der Waals surface area contributed by atoms with E-state index in [0.717, 1.165) is 19.0 Å². The molecule has 1 aliphatic carbocycles. The summed E-state index contributed by atoms with van der Waals surface area (Å²) < 4.78 is 0. The van der Waals surface area contributed by atoms with Crippen LogP contribution in [0.5, 0.6) is 0 Å². The molecule has 3 aliphatic rings. The van der Waals surface area contributed by atoms with Gasteiger partial charge in [0.15, 0.2) is 0 Å². The zero-order valence-corrected chi connectivity index (χ0v) is 13.2. The molecule has 2 aliphatic heterocycles. The molecule has 0 spiro atoms. The number of hydrogen-bond donors (Lipinski definition) is 1. The Morgan fingerprint density at radius 2 is 2.14 bits per heavy atom. The highest BCUT2D eigenvalue weighted by Crippen LogP contribution is 2.35. The van der Waals surface area contributed by atoms with E-state index in [-0.39, 0.29) is 7.43 Å². The Bertz CT molecular complexity index is 399. The smallest absolute Gasteiger partial charge is 0.0470 e. The van der Waals surface area contributed by atoms with Crippen molar-refractivity contribution >= 4 is 11.8 Å². The monoisotopic (exact) mass is 306 g/mol. The van der Waals surface area contributed by atoms with Crippen molar-refractivity contribution in [3.05, 3.63) is 35.3 Å². The van der Waals surface area contributed by atoms with Crippen LogP contribution in [0.3, 0.4) is 0 Å². The van der Waals surface area contributed by atoms with Gasteiger partial charge in [0.1, 0.15) is 0 Å². The summed E-state index contributed by atoms with van der Waals surface area (Å²) in [5.41, 5.74) is 1.57. The minimum atomic E-state index is 0. The molecule has 2 nitrogen and oxygen atoms in total. The molecule has 3 heteroatoms. The molecule has 0 radical (unpaired) electrons. The molecule has 0 aromatic rings. The van der Waals surface area contributed by atoms with Crippen LogP contribution < -0.4 is 5.32 Å². The molecule has 2 heterocycles. The maximum Gasteiger partial charge on any atom is 0.0470 e. The third-order valence-electron chi connectivity index (χ3n) is 4.70. The fraction of sp³-hybridized carbons (Fsp3) is 0.667. The second-order valence-electron chi connectivity index (χ2n) is 5.98. The van der Waals surface area contributed by atoms with Crippen LogP contribution in [0, 0.1) is 5.92 Å². The van der Waals surface area contributed by atoms with Gasteiger partial charge >= 0.3 is 0 Å². The predicted molar refractivity (Wildman–Crippen MR) is 95.7 cm³/mol. The molecule has 0 saturated carbocycles. The van der Waals surface area contributed by atoms with E-state index in [2.05, 4.69) is 46.9 Å². The summed E-state index contributed by atoms with van der Waals surface area (Å²) >= 11 is 2.03. The molecule has 1 N–H and O–H groups in total. The Labute approximate surface area is 134 Å². The van der Waals surface area contributed by atoms with Crippen LogP contribution in [0.15, 0.2) is 35.3 Å². The maximum atomic E-state index is 3.48. The first-order chi connectivity index (χ1) is 9.88. The second kappa shape index (κ2) is 8.21. The molecule has 0 bridgehead atoms. The van der Waals surface area contributed by atoms with Crippen LogP contribution in [0.4, 0.5) is 0 Å². The minimum Gasteiger partial charge on any atom is -0.314 e. The largest absolute Gasteiger partial charge is 0.314 e. The zero-order valence-electron chi connectivity index (χ0n) is 12.4. The summed E-state index contributed by atoms with van der Waals surface area (Å²) in [5.74, 6) is 0.761. The zero-order chi connectivity index (χ0) is 13.8. The maximum absolute atomic E-state index is 3.48. The Morgan fingerprint density at radius 3 is 2.71 bits per heavy atom. The predicted octanol–water partition coefficient (Wildman–Crippen LogP) is 3.83. The molecule has 0 aromatic heterocycles. The number of hydrogen-bond acceptors (Lipinski definition) is 3. The van der Waals surface area contributed by atoms with Crippen molar-refractivity contribution in [2.45, 2.75) is 44.9 Å². The first-order valence-corrected chi connectivity index (χ1v) is 8.96.